The van der Waals surface area contributed by atoms with Crippen molar-refractivity contribution in [2.75, 3.05) is 13.2 Å². The Morgan fingerprint density at radius 2 is 2.25 bits per heavy atom. The second-order valence-corrected chi connectivity index (χ2v) is 3.96. The monoisotopic (exact) mass is 169 g/mol. The van der Waals surface area contributed by atoms with Crippen molar-refractivity contribution in [3.63, 3.8) is 0 Å². The van der Waals surface area contributed by atoms with Gasteiger partial charge in [-0.1, -0.05) is 6.92 Å². The lowest BCUT2D eigenvalue weighted by Crippen LogP contribution is -2.42. The second kappa shape index (κ2) is 3.75. The summed E-state index contributed by atoms with van der Waals surface area (Å²) < 4.78 is 5.69. The lowest BCUT2D eigenvalue weighted by atomic mass is 9.82. The van der Waals surface area contributed by atoms with E-state index >= 15 is 0 Å². The van der Waals surface area contributed by atoms with Crippen molar-refractivity contribution in [1.82, 2.24) is 5.32 Å². The molecule has 0 aromatic heterocycles. The standard InChI is InChI=1S/C10H19NO/c1-2-11-9-4-3-5-10-8(9)6-7-12-10/h8-11H,2-7H2,1H3. The summed E-state index contributed by atoms with van der Waals surface area (Å²) in [6, 6.07) is 0.747. The Labute approximate surface area is 74.7 Å². The zero-order valence-corrected chi connectivity index (χ0v) is 7.88. The summed E-state index contributed by atoms with van der Waals surface area (Å²) in [5, 5.41) is 3.58. The molecular formula is C10H19NO. The van der Waals surface area contributed by atoms with Crippen molar-refractivity contribution < 1.29 is 4.74 Å². The Kier molecular flexibility index (Phi) is 2.66. The molecule has 0 bridgehead atoms. The highest BCUT2D eigenvalue weighted by Gasteiger charge is 2.36. The summed E-state index contributed by atoms with van der Waals surface area (Å²) in [4.78, 5) is 0. The van der Waals surface area contributed by atoms with Crippen molar-refractivity contribution in [3.05, 3.63) is 0 Å². The van der Waals surface area contributed by atoms with E-state index in [1.165, 1.54) is 25.7 Å². The first-order valence-corrected chi connectivity index (χ1v) is 5.27. The molecule has 2 nitrogen and oxygen atoms in total. The lowest BCUT2D eigenvalue weighted by molar-refractivity contribution is 0.0536. The van der Waals surface area contributed by atoms with Gasteiger partial charge in [-0.25, -0.2) is 0 Å². The van der Waals surface area contributed by atoms with E-state index in [2.05, 4.69) is 12.2 Å². The normalized spacial score (nSPS) is 41.2. The van der Waals surface area contributed by atoms with Crippen molar-refractivity contribution in [2.45, 2.75) is 44.8 Å². The highest BCUT2D eigenvalue weighted by molar-refractivity contribution is 4.90. The summed E-state index contributed by atoms with van der Waals surface area (Å²) >= 11 is 0. The average molecular weight is 169 g/mol. The van der Waals surface area contributed by atoms with E-state index in [-0.39, 0.29) is 0 Å². The van der Waals surface area contributed by atoms with Crippen LogP contribution in [-0.2, 0) is 4.74 Å². The SMILES string of the molecule is CCNC1CCCC2OCCC12. The van der Waals surface area contributed by atoms with E-state index in [0.29, 0.717) is 6.10 Å². The molecule has 2 heteroatoms. The smallest absolute Gasteiger partial charge is 0.0619 e. The Morgan fingerprint density at radius 1 is 1.33 bits per heavy atom. The van der Waals surface area contributed by atoms with Crippen molar-refractivity contribution in [1.29, 1.82) is 0 Å². The molecule has 2 fully saturated rings. The fraction of sp³-hybridized carbons (Fsp3) is 1.00. The van der Waals surface area contributed by atoms with E-state index in [9.17, 15) is 0 Å². The van der Waals surface area contributed by atoms with Crippen molar-refractivity contribution >= 4 is 0 Å². The minimum atomic E-state index is 0.586. The van der Waals surface area contributed by atoms with Gasteiger partial charge in [-0.2, -0.15) is 0 Å². The molecule has 0 aromatic carbocycles. The predicted molar refractivity (Wildman–Crippen MR) is 49.2 cm³/mol. The molecule has 2 rings (SSSR count). The first-order chi connectivity index (χ1) is 5.92. The minimum absolute atomic E-state index is 0.586. The second-order valence-electron chi connectivity index (χ2n) is 3.96. The molecular weight excluding hydrogens is 150 g/mol. The number of hydrogen-bond donors (Lipinski definition) is 1. The highest BCUT2D eigenvalue weighted by atomic mass is 16.5. The van der Waals surface area contributed by atoms with Crippen LogP contribution in [0.4, 0.5) is 0 Å². The maximum atomic E-state index is 5.69. The maximum absolute atomic E-state index is 5.69. The molecule has 0 amide bonds. The van der Waals surface area contributed by atoms with Crippen molar-refractivity contribution in [3.8, 4) is 0 Å². The zero-order chi connectivity index (χ0) is 8.39. The van der Waals surface area contributed by atoms with Gasteiger partial charge in [-0.05, 0) is 32.2 Å². The van der Waals surface area contributed by atoms with E-state index < -0.39 is 0 Å². The molecule has 3 atom stereocenters. The third-order valence-corrected chi connectivity index (χ3v) is 3.25. The Bertz CT molecular complexity index is 147. The molecule has 1 aliphatic carbocycles. The van der Waals surface area contributed by atoms with Gasteiger partial charge in [0.15, 0.2) is 0 Å². The third kappa shape index (κ3) is 1.50. The Hall–Kier alpha value is -0.0800. The first-order valence-electron chi connectivity index (χ1n) is 5.27. The molecule has 0 spiro atoms. The number of fused-ring (bicyclic) bond motifs is 1. The van der Waals surface area contributed by atoms with Gasteiger partial charge in [0.05, 0.1) is 6.10 Å². The minimum Gasteiger partial charge on any atom is -0.378 e. The number of ether oxygens (including phenoxy) is 1. The topological polar surface area (TPSA) is 21.3 Å². The van der Waals surface area contributed by atoms with Crippen LogP contribution in [0.2, 0.25) is 0 Å². The maximum Gasteiger partial charge on any atom is 0.0619 e. The Morgan fingerprint density at radius 3 is 3.08 bits per heavy atom. The number of hydrogen-bond acceptors (Lipinski definition) is 2. The molecule has 1 aliphatic heterocycles. The Balaban J connectivity index is 1.94. The molecule has 0 radical (unpaired) electrons. The van der Waals surface area contributed by atoms with Crippen LogP contribution in [0.25, 0.3) is 0 Å². The quantitative estimate of drug-likeness (QED) is 0.677. The van der Waals surface area contributed by atoms with Crippen molar-refractivity contribution in [2.24, 2.45) is 5.92 Å². The van der Waals surface area contributed by atoms with Crippen LogP contribution in [0.3, 0.4) is 0 Å². The van der Waals surface area contributed by atoms with Gasteiger partial charge in [-0.15, -0.1) is 0 Å². The summed E-state index contributed by atoms with van der Waals surface area (Å²) in [5.74, 6) is 0.818. The fourth-order valence-electron chi connectivity index (χ4n) is 2.69. The molecule has 12 heavy (non-hydrogen) atoms. The lowest BCUT2D eigenvalue weighted by Gasteiger charge is -2.33. The van der Waals surface area contributed by atoms with Crippen LogP contribution < -0.4 is 5.32 Å². The van der Waals surface area contributed by atoms with Crippen LogP contribution in [0.15, 0.2) is 0 Å². The van der Waals surface area contributed by atoms with Crippen LogP contribution >= 0.6 is 0 Å². The van der Waals surface area contributed by atoms with Gasteiger partial charge in [0.1, 0.15) is 0 Å². The van der Waals surface area contributed by atoms with Gasteiger partial charge < -0.3 is 10.1 Å². The van der Waals surface area contributed by atoms with Gasteiger partial charge in [0.25, 0.3) is 0 Å². The molecule has 1 N–H and O–H groups in total. The highest BCUT2D eigenvalue weighted by Crippen LogP contribution is 2.34. The van der Waals surface area contributed by atoms with Crippen LogP contribution in [0.5, 0.6) is 0 Å². The third-order valence-electron chi connectivity index (χ3n) is 3.25. The molecule has 0 aromatic rings. The molecule has 1 saturated carbocycles. The molecule has 70 valence electrons. The zero-order valence-electron chi connectivity index (χ0n) is 7.88. The summed E-state index contributed by atoms with van der Waals surface area (Å²) in [6.07, 6.45) is 5.87. The summed E-state index contributed by atoms with van der Waals surface area (Å²) in [7, 11) is 0. The predicted octanol–water partition coefficient (Wildman–Crippen LogP) is 1.55. The summed E-state index contributed by atoms with van der Waals surface area (Å²) in [6.45, 7) is 4.30. The molecule has 1 saturated heterocycles. The first kappa shape index (κ1) is 8.52. The van der Waals surface area contributed by atoms with Gasteiger partial charge in [-0.3, -0.25) is 0 Å². The van der Waals surface area contributed by atoms with Crippen LogP contribution in [0.1, 0.15) is 32.6 Å². The van der Waals surface area contributed by atoms with Gasteiger partial charge >= 0.3 is 0 Å². The van der Waals surface area contributed by atoms with Crippen LogP contribution in [-0.4, -0.2) is 25.3 Å². The largest absolute Gasteiger partial charge is 0.378 e. The number of rotatable bonds is 2. The van der Waals surface area contributed by atoms with E-state index in [1.54, 1.807) is 0 Å². The average Bonchev–Trinajstić information content (AvgIpc) is 2.53. The molecule has 2 aliphatic rings. The molecule has 3 unspecified atom stereocenters. The number of nitrogens with one attached hydrogen (secondary N) is 1. The van der Waals surface area contributed by atoms with E-state index in [0.717, 1.165) is 25.1 Å². The van der Waals surface area contributed by atoms with Gasteiger partial charge in [0, 0.05) is 18.6 Å². The van der Waals surface area contributed by atoms with Gasteiger partial charge in [0.2, 0.25) is 0 Å². The van der Waals surface area contributed by atoms with E-state index in [4.69, 9.17) is 4.74 Å². The van der Waals surface area contributed by atoms with E-state index in [1.807, 2.05) is 0 Å². The fourth-order valence-corrected chi connectivity index (χ4v) is 2.69. The summed E-state index contributed by atoms with van der Waals surface area (Å²) in [5.41, 5.74) is 0. The van der Waals surface area contributed by atoms with Crippen LogP contribution in [0, 0.1) is 5.92 Å². The molecule has 1 heterocycles.